The van der Waals surface area contributed by atoms with Gasteiger partial charge >= 0.3 is 0 Å². The molecule has 9 heteroatoms. The molecule has 0 spiro atoms. The summed E-state index contributed by atoms with van der Waals surface area (Å²) in [5, 5.41) is 15.8. The Morgan fingerprint density at radius 3 is 2.66 bits per heavy atom. The molecule has 4 aromatic rings. The maximum Gasteiger partial charge on any atom is 0.237 e. The molecule has 0 fully saturated rings. The highest BCUT2D eigenvalue weighted by atomic mass is 32.2. The summed E-state index contributed by atoms with van der Waals surface area (Å²) in [6.45, 7) is 3.82. The van der Waals surface area contributed by atoms with E-state index < -0.39 is 0 Å². The van der Waals surface area contributed by atoms with Crippen molar-refractivity contribution in [1.29, 1.82) is 0 Å². The third kappa shape index (κ3) is 4.19. The van der Waals surface area contributed by atoms with Crippen LogP contribution < -0.4 is 5.32 Å². The minimum absolute atomic E-state index is 0.153. The van der Waals surface area contributed by atoms with Crippen molar-refractivity contribution < 1.29 is 9.32 Å². The quantitative estimate of drug-likeness (QED) is 0.488. The molecule has 0 aliphatic carbocycles. The highest BCUT2D eigenvalue weighted by molar-refractivity contribution is 7.99. The van der Waals surface area contributed by atoms with Gasteiger partial charge in [0, 0.05) is 24.0 Å². The number of hydrogen-bond donors (Lipinski definition) is 1. The molecule has 1 aromatic carbocycles. The molecule has 1 amide bonds. The van der Waals surface area contributed by atoms with E-state index >= 15 is 0 Å². The second kappa shape index (κ2) is 8.27. The Balaban J connectivity index is 1.62. The van der Waals surface area contributed by atoms with Crippen LogP contribution in [0.2, 0.25) is 0 Å². The number of hydrogen-bond acceptors (Lipinski definition) is 7. The van der Waals surface area contributed by atoms with Crippen LogP contribution in [0.15, 0.2) is 64.5 Å². The predicted molar refractivity (Wildman–Crippen MR) is 110 cm³/mol. The van der Waals surface area contributed by atoms with Crippen LogP contribution in [0.5, 0.6) is 0 Å². The topological polar surface area (TPSA) is 98.7 Å². The molecule has 29 heavy (non-hydrogen) atoms. The second-order valence-electron chi connectivity index (χ2n) is 6.33. The zero-order valence-electron chi connectivity index (χ0n) is 15.9. The van der Waals surface area contributed by atoms with Gasteiger partial charge in [-0.1, -0.05) is 35.1 Å². The van der Waals surface area contributed by atoms with Crippen LogP contribution in [-0.4, -0.2) is 36.6 Å². The SMILES string of the molecule is Cc1cc(NC(=O)CSc2nnc(-c3ccncc3)n2-c2ccccc2C)on1. The van der Waals surface area contributed by atoms with E-state index in [9.17, 15) is 4.79 Å². The first-order valence-corrected chi connectivity index (χ1v) is 9.88. The summed E-state index contributed by atoms with van der Waals surface area (Å²) in [5.41, 5.74) is 3.63. The number of carbonyl (C=O) groups is 1. The molecule has 3 aromatic heterocycles. The fraction of sp³-hybridized carbons (Fsp3) is 0.150. The number of aryl methyl sites for hydroxylation is 2. The number of benzene rings is 1. The van der Waals surface area contributed by atoms with Gasteiger partial charge in [-0.25, -0.2) is 0 Å². The number of carbonyl (C=O) groups excluding carboxylic acids is 1. The Hall–Kier alpha value is -3.46. The number of aromatic nitrogens is 5. The van der Waals surface area contributed by atoms with Crippen LogP contribution >= 0.6 is 11.8 Å². The molecule has 0 atom stereocenters. The average molecular weight is 406 g/mol. The van der Waals surface area contributed by atoms with E-state index in [0.717, 1.165) is 16.8 Å². The Morgan fingerprint density at radius 1 is 1.14 bits per heavy atom. The lowest BCUT2D eigenvalue weighted by Gasteiger charge is -2.12. The number of thioether (sulfide) groups is 1. The second-order valence-corrected chi connectivity index (χ2v) is 7.28. The molecule has 0 saturated carbocycles. The number of para-hydroxylation sites is 1. The van der Waals surface area contributed by atoms with Gasteiger partial charge in [0.2, 0.25) is 11.8 Å². The van der Waals surface area contributed by atoms with E-state index in [0.29, 0.717) is 22.6 Å². The van der Waals surface area contributed by atoms with Gasteiger partial charge in [0.05, 0.1) is 17.1 Å². The van der Waals surface area contributed by atoms with Crippen molar-refractivity contribution in [3.63, 3.8) is 0 Å². The average Bonchev–Trinajstić information content (AvgIpc) is 3.33. The molecule has 0 saturated heterocycles. The monoisotopic (exact) mass is 406 g/mol. The zero-order chi connectivity index (χ0) is 20.2. The molecule has 0 unspecified atom stereocenters. The molecule has 0 aliphatic rings. The van der Waals surface area contributed by atoms with Crippen molar-refractivity contribution in [2.24, 2.45) is 0 Å². The Labute approximate surface area is 171 Å². The van der Waals surface area contributed by atoms with Crippen molar-refractivity contribution in [2.75, 3.05) is 11.1 Å². The lowest BCUT2D eigenvalue weighted by atomic mass is 10.2. The molecule has 0 bridgehead atoms. The first kappa shape index (κ1) is 18.9. The third-order valence-electron chi connectivity index (χ3n) is 4.15. The van der Waals surface area contributed by atoms with Crippen molar-refractivity contribution in [3.05, 3.63) is 66.1 Å². The minimum Gasteiger partial charge on any atom is -0.338 e. The van der Waals surface area contributed by atoms with E-state index in [2.05, 4.69) is 25.7 Å². The fourth-order valence-electron chi connectivity index (χ4n) is 2.81. The number of pyridine rings is 1. The van der Waals surface area contributed by atoms with Crippen molar-refractivity contribution in [2.45, 2.75) is 19.0 Å². The fourth-order valence-corrected chi connectivity index (χ4v) is 3.55. The standard InChI is InChI=1S/C20H18N6O2S/c1-13-5-3-4-6-16(13)26-19(15-7-9-21-10-8-15)23-24-20(26)29-12-17(27)22-18-11-14(2)25-28-18/h3-11H,12H2,1-2H3,(H,22,27). The van der Waals surface area contributed by atoms with Crippen LogP contribution in [0.3, 0.4) is 0 Å². The van der Waals surface area contributed by atoms with Crippen molar-refractivity contribution in [3.8, 4) is 17.1 Å². The van der Waals surface area contributed by atoms with E-state index in [1.165, 1.54) is 11.8 Å². The third-order valence-corrected chi connectivity index (χ3v) is 5.08. The summed E-state index contributed by atoms with van der Waals surface area (Å²) in [4.78, 5) is 16.4. The summed E-state index contributed by atoms with van der Waals surface area (Å²) in [6.07, 6.45) is 3.43. The predicted octanol–water partition coefficient (Wildman–Crippen LogP) is 3.66. The van der Waals surface area contributed by atoms with Gasteiger partial charge in [-0.05, 0) is 37.6 Å². The molecule has 0 radical (unpaired) electrons. The van der Waals surface area contributed by atoms with Crippen LogP contribution in [0.4, 0.5) is 5.88 Å². The maximum absolute atomic E-state index is 12.3. The van der Waals surface area contributed by atoms with Gasteiger partial charge in [0.1, 0.15) is 0 Å². The minimum atomic E-state index is -0.212. The van der Waals surface area contributed by atoms with Crippen molar-refractivity contribution in [1.82, 2.24) is 24.9 Å². The molecule has 1 N–H and O–H groups in total. The van der Waals surface area contributed by atoms with Gasteiger partial charge in [-0.2, -0.15) is 0 Å². The van der Waals surface area contributed by atoms with Gasteiger partial charge < -0.3 is 4.52 Å². The van der Waals surface area contributed by atoms with E-state index in [-0.39, 0.29) is 11.7 Å². The van der Waals surface area contributed by atoms with Crippen LogP contribution in [0.25, 0.3) is 17.1 Å². The molecule has 8 nitrogen and oxygen atoms in total. The number of rotatable bonds is 6. The molecule has 0 aliphatic heterocycles. The van der Waals surface area contributed by atoms with Gasteiger partial charge in [0.25, 0.3) is 0 Å². The number of anilines is 1. The first-order chi connectivity index (χ1) is 14.1. The summed E-state index contributed by atoms with van der Waals surface area (Å²) in [5.74, 6) is 0.956. The smallest absolute Gasteiger partial charge is 0.237 e. The molecule has 3 heterocycles. The lowest BCUT2D eigenvalue weighted by molar-refractivity contribution is -0.113. The first-order valence-electron chi connectivity index (χ1n) is 8.89. The molecule has 4 rings (SSSR count). The van der Waals surface area contributed by atoms with Crippen LogP contribution in [0.1, 0.15) is 11.3 Å². The summed E-state index contributed by atoms with van der Waals surface area (Å²) in [7, 11) is 0. The Bertz CT molecular complexity index is 1140. The number of nitrogens with zero attached hydrogens (tertiary/aromatic N) is 5. The van der Waals surface area contributed by atoms with E-state index in [1.54, 1.807) is 25.4 Å². The maximum atomic E-state index is 12.3. The largest absolute Gasteiger partial charge is 0.338 e. The number of amides is 1. The highest BCUT2D eigenvalue weighted by Gasteiger charge is 2.18. The number of nitrogens with one attached hydrogen (secondary N) is 1. The normalized spacial score (nSPS) is 10.8. The van der Waals surface area contributed by atoms with E-state index in [1.807, 2.05) is 47.9 Å². The summed E-state index contributed by atoms with van der Waals surface area (Å²) < 4.78 is 6.99. The molecular formula is C20H18N6O2S. The molecule has 146 valence electrons. The lowest BCUT2D eigenvalue weighted by Crippen LogP contribution is -2.14. The van der Waals surface area contributed by atoms with Gasteiger partial charge in [-0.3, -0.25) is 19.7 Å². The molecular weight excluding hydrogens is 388 g/mol. The highest BCUT2D eigenvalue weighted by Crippen LogP contribution is 2.29. The Kier molecular flexibility index (Phi) is 5.39. The van der Waals surface area contributed by atoms with Crippen LogP contribution in [0, 0.1) is 13.8 Å². The van der Waals surface area contributed by atoms with Crippen molar-refractivity contribution >= 4 is 23.6 Å². The van der Waals surface area contributed by atoms with Crippen LogP contribution in [-0.2, 0) is 4.79 Å². The summed E-state index contributed by atoms with van der Waals surface area (Å²) in [6, 6.07) is 13.4. The summed E-state index contributed by atoms with van der Waals surface area (Å²) >= 11 is 1.30. The van der Waals surface area contributed by atoms with Gasteiger partial charge in [0.15, 0.2) is 11.0 Å². The van der Waals surface area contributed by atoms with Gasteiger partial charge in [-0.15, -0.1) is 10.2 Å². The zero-order valence-corrected chi connectivity index (χ0v) is 16.7. The Morgan fingerprint density at radius 2 is 1.93 bits per heavy atom. The van der Waals surface area contributed by atoms with E-state index in [4.69, 9.17) is 4.52 Å².